The first-order valence-electron chi connectivity index (χ1n) is 9.04. The number of hydrogen-bond acceptors (Lipinski definition) is 7. The molecule has 0 aromatic carbocycles. The van der Waals surface area contributed by atoms with Crippen LogP contribution in [0.5, 0.6) is 0 Å². The summed E-state index contributed by atoms with van der Waals surface area (Å²) in [5.41, 5.74) is 1.42. The quantitative estimate of drug-likeness (QED) is 0.318. The van der Waals surface area contributed by atoms with Crippen LogP contribution in [-0.2, 0) is 22.4 Å². The highest BCUT2D eigenvalue weighted by atomic mass is 32.1. The molecule has 2 aromatic heterocycles. The number of ether oxygens (including phenoxy) is 1. The molecule has 0 spiro atoms. The fourth-order valence-electron chi connectivity index (χ4n) is 2.98. The largest absolute Gasteiger partial charge is 0.462 e. The number of furan rings is 1. The molecule has 2 heterocycles. The lowest BCUT2D eigenvalue weighted by Gasteiger charge is -2.12. The number of nitrogens with zero attached hydrogens (tertiary/aromatic N) is 1. The maximum Gasteiger partial charge on any atom is 0.433 e. The topological polar surface area (TPSA) is 112 Å². The Morgan fingerprint density at radius 3 is 2.86 bits per heavy atom. The van der Waals surface area contributed by atoms with Crippen LogP contribution < -0.4 is 5.32 Å². The molecule has 8 nitrogen and oxygen atoms in total. The fourth-order valence-corrected chi connectivity index (χ4v) is 4.26. The number of nitrogens with one attached hydrogen (secondary N) is 1. The number of carbonyl (C=O) groups excluding carboxylic acids is 2. The molecular weight excluding hydrogens is 384 g/mol. The standard InChI is InChI=1S/C19H20N2O6S/c1-2-11-26-19(23)17-13-5-3-4-6-14(13)28-18(17)20-15(22)9-7-12-8-10-16(27-12)21(24)25/h7-10H,2-6,11H2,1H3,(H,20,22). The number of amides is 1. The molecule has 0 fully saturated rings. The van der Waals surface area contributed by atoms with Gasteiger partial charge in [-0.15, -0.1) is 11.3 Å². The third-order valence-electron chi connectivity index (χ3n) is 4.24. The molecule has 0 aliphatic heterocycles. The molecule has 1 amide bonds. The molecule has 2 aromatic rings. The molecule has 0 saturated heterocycles. The molecule has 0 unspecified atom stereocenters. The number of anilines is 1. The zero-order valence-corrected chi connectivity index (χ0v) is 16.2. The summed E-state index contributed by atoms with van der Waals surface area (Å²) in [5, 5.41) is 13.9. The highest BCUT2D eigenvalue weighted by Crippen LogP contribution is 2.38. The third-order valence-corrected chi connectivity index (χ3v) is 5.45. The zero-order valence-electron chi connectivity index (χ0n) is 15.4. The minimum Gasteiger partial charge on any atom is -0.462 e. The van der Waals surface area contributed by atoms with Crippen molar-refractivity contribution in [1.82, 2.24) is 0 Å². The van der Waals surface area contributed by atoms with E-state index in [0.29, 0.717) is 17.2 Å². The van der Waals surface area contributed by atoms with Gasteiger partial charge in [0.1, 0.15) is 15.7 Å². The van der Waals surface area contributed by atoms with E-state index in [4.69, 9.17) is 9.15 Å². The summed E-state index contributed by atoms with van der Waals surface area (Å²) >= 11 is 1.40. The van der Waals surface area contributed by atoms with Crippen LogP contribution in [0, 0.1) is 10.1 Å². The van der Waals surface area contributed by atoms with E-state index < -0.39 is 22.7 Å². The lowest BCUT2D eigenvalue weighted by molar-refractivity contribution is -0.402. The molecule has 9 heteroatoms. The minimum atomic E-state index is -0.651. The molecular formula is C19H20N2O6S. The Bertz CT molecular complexity index is 927. The van der Waals surface area contributed by atoms with Crippen molar-refractivity contribution in [3.05, 3.63) is 50.1 Å². The normalized spacial score (nSPS) is 13.3. The average molecular weight is 404 g/mol. The van der Waals surface area contributed by atoms with Crippen LogP contribution in [0.15, 0.2) is 22.6 Å². The van der Waals surface area contributed by atoms with Crippen LogP contribution in [0.2, 0.25) is 0 Å². The summed E-state index contributed by atoms with van der Waals surface area (Å²) < 4.78 is 10.3. The number of aryl methyl sites for hydroxylation is 1. The molecule has 0 radical (unpaired) electrons. The Hall–Kier alpha value is -2.94. The summed E-state index contributed by atoms with van der Waals surface area (Å²) in [4.78, 5) is 35.9. The highest BCUT2D eigenvalue weighted by molar-refractivity contribution is 7.17. The van der Waals surface area contributed by atoms with Crippen LogP contribution in [-0.4, -0.2) is 23.4 Å². The molecule has 0 saturated carbocycles. The molecule has 0 atom stereocenters. The monoisotopic (exact) mass is 404 g/mol. The Balaban J connectivity index is 1.77. The van der Waals surface area contributed by atoms with Gasteiger partial charge in [-0.05, 0) is 49.8 Å². The summed E-state index contributed by atoms with van der Waals surface area (Å²) in [5.74, 6) is -1.08. The maximum atomic E-state index is 12.5. The first-order chi connectivity index (χ1) is 13.5. The second kappa shape index (κ2) is 8.83. The number of hydrogen-bond donors (Lipinski definition) is 1. The molecule has 0 bridgehead atoms. The minimum absolute atomic E-state index is 0.190. The summed E-state index contributed by atoms with van der Waals surface area (Å²) in [6, 6.07) is 2.62. The van der Waals surface area contributed by atoms with E-state index in [0.717, 1.165) is 42.5 Å². The number of carbonyl (C=O) groups is 2. The molecule has 3 rings (SSSR count). The third kappa shape index (κ3) is 4.48. The molecule has 148 valence electrons. The summed E-state index contributed by atoms with van der Waals surface area (Å²) in [7, 11) is 0. The van der Waals surface area contributed by atoms with Crippen molar-refractivity contribution in [1.29, 1.82) is 0 Å². The number of fused-ring (bicyclic) bond motifs is 1. The van der Waals surface area contributed by atoms with Crippen molar-refractivity contribution in [2.45, 2.75) is 39.0 Å². The molecule has 28 heavy (non-hydrogen) atoms. The van der Waals surface area contributed by atoms with Crippen molar-refractivity contribution in [3.63, 3.8) is 0 Å². The van der Waals surface area contributed by atoms with Crippen molar-refractivity contribution < 1.29 is 23.7 Å². The van der Waals surface area contributed by atoms with Crippen LogP contribution >= 0.6 is 11.3 Å². The van der Waals surface area contributed by atoms with E-state index in [1.807, 2.05) is 6.92 Å². The number of rotatable bonds is 7. The number of thiophene rings is 1. The van der Waals surface area contributed by atoms with E-state index in [9.17, 15) is 19.7 Å². The van der Waals surface area contributed by atoms with Crippen LogP contribution in [0.25, 0.3) is 6.08 Å². The molecule has 1 aliphatic rings. The highest BCUT2D eigenvalue weighted by Gasteiger charge is 2.27. The molecule has 1 N–H and O–H groups in total. The van der Waals surface area contributed by atoms with Crippen molar-refractivity contribution in [3.8, 4) is 0 Å². The van der Waals surface area contributed by atoms with E-state index in [1.165, 1.54) is 35.6 Å². The fraction of sp³-hybridized carbons (Fsp3) is 0.368. The van der Waals surface area contributed by atoms with Crippen molar-refractivity contribution in [2.75, 3.05) is 11.9 Å². The first-order valence-corrected chi connectivity index (χ1v) is 9.86. The zero-order chi connectivity index (χ0) is 20.1. The Morgan fingerprint density at radius 2 is 2.14 bits per heavy atom. The van der Waals surface area contributed by atoms with Gasteiger partial charge >= 0.3 is 11.9 Å². The van der Waals surface area contributed by atoms with E-state index in [1.54, 1.807) is 0 Å². The maximum absolute atomic E-state index is 12.5. The lowest BCUT2D eigenvalue weighted by Crippen LogP contribution is -2.14. The molecule has 1 aliphatic carbocycles. The smallest absolute Gasteiger partial charge is 0.433 e. The predicted molar refractivity (Wildman–Crippen MR) is 105 cm³/mol. The van der Waals surface area contributed by atoms with Gasteiger partial charge in [0.25, 0.3) is 0 Å². The lowest BCUT2D eigenvalue weighted by atomic mass is 9.95. The van der Waals surface area contributed by atoms with Gasteiger partial charge < -0.3 is 14.5 Å². The average Bonchev–Trinajstić information content (AvgIpc) is 3.29. The van der Waals surface area contributed by atoms with Crippen molar-refractivity contribution in [2.24, 2.45) is 0 Å². The van der Waals surface area contributed by atoms with Gasteiger partial charge in [-0.3, -0.25) is 14.9 Å². The van der Waals surface area contributed by atoms with Gasteiger partial charge in [0.15, 0.2) is 0 Å². The Labute approximate surface area is 165 Å². The Morgan fingerprint density at radius 1 is 1.36 bits per heavy atom. The summed E-state index contributed by atoms with van der Waals surface area (Å²) in [6.07, 6.45) is 7.01. The van der Waals surface area contributed by atoms with Gasteiger partial charge in [0, 0.05) is 11.0 Å². The van der Waals surface area contributed by atoms with E-state index >= 15 is 0 Å². The van der Waals surface area contributed by atoms with Gasteiger partial charge in [-0.1, -0.05) is 6.92 Å². The van der Waals surface area contributed by atoms with E-state index in [2.05, 4.69) is 5.32 Å². The van der Waals surface area contributed by atoms with E-state index in [-0.39, 0.29) is 5.76 Å². The van der Waals surface area contributed by atoms with Crippen LogP contribution in [0.3, 0.4) is 0 Å². The predicted octanol–water partition coefficient (Wildman–Crippen LogP) is 4.35. The van der Waals surface area contributed by atoms with Gasteiger partial charge in [0.2, 0.25) is 5.91 Å². The van der Waals surface area contributed by atoms with Gasteiger partial charge in [0.05, 0.1) is 18.2 Å². The Kier molecular flexibility index (Phi) is 6.25. The first kappa shape index (κ1) is 19.8. The number of esters is 1. The number of nitro groups is 1. The SMILES string of the molecule is CCCOC(=O)c1c(NC(=O)C=Cc2ccc([N+](=O)[O-])o2)sc2c1CCCC2. The second-order valence-corrected chi connectivity index (χ2v) is 7.41. The summed E-state index contributed by atoms with van der Waals surface area (Å²) in [6.45, 7) is 2.25. The van der Waals surface area contributed by atoms with Gasteiger partial charge in [-0.2, -0.15) is 0 Å². The van der Waals surface area contributed by atoms with Gasteiger partial charge in [-0.25, -0.2) is 4.79 Å². The second-order valence-electron chi connectivity index (χ2n) is 6.31. The van der Waals surface area contributed by atoms with Crippen LogP contribution in [0.1, 0.15) is 52.7 Å². The van der Waals surface area contributed by atoms with Crippen LogP contribution in [0.4, 0.5) is 10.9 Å². The van der Waals surface area contributed by atoms with Crippen molar-refractivity contribution >= 4 is 40.2 Å².